The Labute approximate surface area is 190 Å². The Bertz CT molecular complexity index is 1670. The summed E-state index contributed by atoms with van der Waals surface area (Å²) in [4.78, 5) is 15.7. The van der Waals surface area contributed by atoms with Crippen LogP contribution in [0, 0.1) is 12.7 Å². The first-order chi connectivity index (χ1) is 16.0. The van der Waals surface area contributed by atoms with Crippen LogP contribution in [-0.2, 0) is 0 Å². The fourth-order valence-corrected chi connectivity index (χ4v) is 4.65. The number of nitrogens with zero attached hydrogens (tertiary/aromatic N) is 2. The van der Waals surface area contributed by atoms with Crippen LogP contribution in [0.3, 0.4) is 0 Å². The minimum atomic E-state index is -0.268. The standard InChI is InChI=1S/C28H23FN4/c1-15(2)28-30-14-25(33-28)22-11-9-18(13-24(22)29)17-8-10-21-23(12-17)19-6-4-5-7-20(19)26-27(21)32-16(3)31-26/h4-15H,1-3H3,(H,30,33)(H,31,32). The van der Waals surface area contributed by atoms with Crippen LogP contribution in [0.25, 0.3) is 55.0 Å². The summed E-state index contributed by atoms with van der Waals surface area (Å²) < 4.78 is 15.1. The molecule has 0 saturated heterocycles. The number of H-pyrrole nitrogens is 2. The SMILES string of the molecule is Cc1nc2c3ccccc3c3cc(-c4ccc(-c5cnc(C(C)C)[nH]5)c(F)c4)ccc3c2[nH]1. The summed E-state index contributed by atoms with van der Waals surface area (Å²) >= 11 is 0. The van der Waals surface area contributed by atoms with Gasteiger partial charge in [0.25, 0.3) is 0 Å². The van der Waals surface area contributed by atoms with Gasteiger partial charge in [0.1, 0.15) is 17.5 Å². The minimum Gasteiger partial charge on any atom is -0.342 e. The number of fused-ring (bicyclic) bond motifs is 6. The molecular formula is C28H23FN4. The maximum Gasteiger partial charge on any atom is 0.133 e. The Balaban J connectivity index is 1.51. The molecule has 0 aliphatic carbocycles. The lowest BCUT2D eigenvalue weighted by Crippen LogP contribution is -1.91. The van der Waals surface area contributed by atoms with E-state index in [0.29, 0.717) is 11.3 Å². The second kappa shape index (κ2) is 7.27. The zero-order valence-corrected chi connectivity index (χ0v) is 18.7. The zero-order valence-electron chi connectivity index (χ0n) is 18.7. The molecular weight excluding hydrogens is 411 g/mol. The highest BCUT2D eigenvalue weighted by Gasteiger charge is 2.14. The first-order valence-electron chi connectivity index (χ1n) is 11.2. The third kappa shape index (κ3) is 3.11. The molecule has 6 aromatic rings. The Morgan fingerprint density at radius 2 is 1.58 bits per heavy atom. The second-order valence-corrected chi connectivity index (χ2v) is 8.88. The average Bonchev–Trinajstić information content (AvgIpc) is 3.46. The predicted octanol–water partition coefficient (Wildman–Crippen LogP) is 7.50. The molecule has 6 rings (SSSR count). The Kier molecular flexibility index (Phi) is 4.34. The van der Waals surface area contributed by atoms with E-state index in [0.717, 1.165) is 55.4 Å². The van der Waals surface area contributed by atoms with Crippen molar-refractivity contribution in [2.75, 3.05) is 0 Å². The molecule has 0 atom stereocenters. The van der Waals surface area contributed by atoms with Gasteiger partial charge in [-0.3, -0.25) is 0 Å². The van der Waals surface area contributed by atoms with E-state index in [1.54, 1.807) is 12.3 Å². The highest BCUT2D eigenvalue weighted by molar-refractivity contribution is 6.23. The number of imidazole rings is 2. The lowest BCUT2D eigenvalue weighted by molar-refractivity contribution is 0.631. The van der Waals surface area contributed by atoms with Crippen LogP contribution in [0.2, 0.25) is 0 Å². The smallest absolute Gasteiger partial charge is 0.133 e. The Morgan fingerprint density at radius 3 is 2.33 bits per heavy atom. The van der Waals surface area contributed by atoms with Crippen LogP contribution in [0.5, 0.6) is 0 Å². The molecule has 33 heavy (non-hydrogen) atoms. The molecule has 0 spiro atoms. The highest BCUT2D eigenvalue weighted by atomic mass is 19.1. The van der Waals surface area contributed by atoms with Gasteiger partial charge in [0.05, 0.1) is 22.9 Å². The number of aromatic nitrogens is 4. The highest BCUT2D eigenvalue weighted by Crippen LogP contribution is 2.36. The van der Waals surface area contributed by atoms with E-state index in [4.69, 9.17) is 4.98 Å². The molecule has 0 radical (unpaired) electrons. The molecule has 0 aliphatic rings. The van der Waals surface area contributed by atoms with Crippen molar-refractivity contribution in [3.05, 3.63) is 84.3 Å². The fraction of sp³-hybridized carbons (Fsp3) is 0.143. The van der Waals surface area contributed by atoms with Crippen molar-refractivity contribution in [3.8, 4) is 22.4 Å². The van der Waals surface area contributed by atoms with Crippen LogP contribution < -0.4 is 0 Å². The van der Waals surface area contributed by atoms with Gasteiger partial charge >= 0.3 is 0 Å². The molecule has 2 heterocycles. The number of aryl methyl sites for hydroxylation is 1. The first-order valence-corrected chi connectivity index (χ1v) is 11.2. The van der Waals surface area contributed by atoms with Gasteiger partial charge < -0.3 is 9.97 Å². The van der Waals surface area contributed by atoms with Crippen molar-refractivity contribution in [2.45, 2.75) is 26.7 Å². The van der Waals surface area contributed by atoms with Gasteiger partial charge in [-0.15, -0.1) is 0 Å². The molecule has 0 aliphatic heterocycles. The third-order valence-electron chi connectivity index (χ3n) is 6.32. The van der Waals surface area contributed by atoms with E-state index in [9.17, 15) is 0 Å². The number of benzene rings is 4. The monoisotopic (exact) mass is 434 g/mol. The van der Waals surface area contributed by atoms with E-state index in [2.05, 4.69) is 53.1 Å². The molecule has 5 heteroatoms. The van der Waals surface area contributed by atoms with Gasteiger partial charge in [-0.2, -0.15) is 0 Å². The lowest BCUT2D eigenvalue weighted by atomic mass is 9.95. The summed E-state index contributed by atoms with van der Waals surface area (Å²) in [6.07, 6.45) is 1.70. The number of rotatable bonds is 3. The summed E-state index contributed by atoms with van der Waals surface area (Å²) in [5.41, 5.74) is 5.06. The van der Waals surface area contributed by atoms with Gasteiger partial charge in [-0.25, -0.2) is 14.4 Å². The molecule has 0 fully saturated rings. The van der Waals surface area contributed by atoms with E-state index in [1.165, 1.54) is 0 Å². The maximum atomic E-state index is 15.1. The normalized spacial score (nSPS) is 11.9. The number of nitrogens with one attached hydrogen (secondary N) is 2. The summed E-state index contributed by atoms with van der Waals surface area (Å²) in [6.45, 7) is 6.09. The van der Waals surface area contributed by atoms with Crippen molar-refractivity contribution in [1.29, 1.82) is 0 Å². The summed E-state index contributed by atoms with van der Waals surface area (Å²) in [5.74, 6) is 1.74. The molecule has 2 aromatic heterocycles. The molecule has 4 nitrogen and oxygen atoms in total. The van der Waals surface area contributed by atoms with Gasteiger partial charge in [0, 0.05) is 22.3 Å². The molecule has 4 aromatic carbocycles. The summed E-state index contributed by atoms with van der Waals surface area (Å²) in [6, 6.07) is 20.0. The van der Waals surface area contributed by atoms with Crippen LogP contribution in [0.4, 0.5) is 4.39 Å². The summed E-state index contributed by atoms with van der Waals surface area (Å²) in [5, 5.41) is 4.50. The quantitative estimate of drug-likeness (QED) is 0.283. The summed E-state index contributed by atoms with van der Waals surface area (Å²) in [7, 11) is 0. The molecule has 0 amide bonds. The maximum absolute atomic E-state index is 15.1. The third-order valence-corrected chi connectivity index (χ3v) is 6.32. The van der Waals surface area contributed by atoms with E-state index in [-0.39, 0.29) is 11.7 Å². The van der Waals surface area contributed by atoms with E-state index < -0.39 is 0 Å². The Morgan fingerprint density at radius 1 is 0.818 bits per heavy atom. The topological polar surface area (TPSA) is 57.4 Å². The van der Waals surface area contributed by atoms with Gasteiger partial charge in [0.2, 0.25) is 0 Å². The van der Waals surface area contributed by atoms with E-state index in [1.807, 2.05) is 37.3 Å². The predicted molar refractivity (Wildman–Crippen MR) is 133 cm³/mol. The number of hydrogen-bond donors (Lipinski definition) is 2. The minimum absolute atomic E-state index is 0.263. The number of hydrogen-bond acceptors (Lipinski definition) is 2. The molecule has 0 saturated carbocycles. The van der Waals surface area contributed by atoms with Crippen molar-refractivity contribution < 1.29 is 4.39 Å². The fourth-order valence-electron chi connectivity index (χ4n) is 4.65. The van der Waals surface area contributed by atoms with Crippen LogP contribution in [0.15, 0.2) is 66.9 Å². The van der Waals surface area contributed by atoms with Crippen molar-refractivity contribution in [3.63, 3.8) is 0 Å². The van der Waals surface area contributed by atoms with Crippen molar-refractivity contribution >= 4 is 32.6 Å². The van der Waals surface area contributed by atoms with Crippen molar-refractivity contribution in [1.82, 2.24) is 19.9 Å². The van der Waals surface area contributed by atoms with Crippen LogP contribution >= 0.6 is 0 Å². The van der Waals surface area contributed by atoms with E-state index >= 15 is 4.39 Å². The Hall–Kier alpha value is -3.99. The van der Waals surface area contributed by atoms with Gasteiger partial charge in [0.15, 0.2) is 0 Å². The number of aromatic amines is 2. The largest absolute Gasteiger partial charge is 0.342 e. The van der Waals surface area contributed by atoms with Crippen molar-refractivity contribution in [2.24, 2.45) is 0 Å². The van der Waals surface area contributed by atoms with Gasteiger partial charge in [-0.1, -0.05) is 56.3 Å². The van der Waals surface area contributed by atoms with Crippen LogP contribution in [0.1, 0.15) is 31.4 Å². The molecule has 162 valence electrons. The number of halogens is 1. The average molecular weight is 435 g/mol. The molecule has 0 bridgehead atoms. The van der Waals surface area contributed by atoms with Gasteiger partial charge in [-0.05, 0) is 47.0 Å². The first kappa shape index (κ1) is 19.7. The molecule has 2 N–H and O–H groups in total. The molecule has 0 unspecified atom stereocenters. The van der Waals surface area contributed by atoms with Crippen LogP contribution in [-0.4, -0.2) is 19.9 Å². The second-order valence-electron chi connectivity index (χ2n) is 8.88. The lowest BCUT2D eigenvalue weighted by Gasteiger charge is -2.10. The zero-order chi connectivity index (χ0) is 22.7.